The molecule has 0 atom stereocenters. The van der Waals surface area contributed by atoms with Gasteiger partial charge in [0, 0.05) is 45.3 Å². The average Bonchev–Trinajstić information content (AvgIpc) is 2.40. The van der Waals surface area contributed by atoms with Crippen LogP contribution in [0.25, 0.3) is 0 Å². The third-order valence-electron chi connectivity index (χ3n) is 3.28. The van der Waals surface area contributed by atoms with Crippen LogP contribution in [0, 0.1) is 0 Å². The lowest BCUT2D eigenvalue weighted by Crippen LogP contribution is -2.38. The summed E-state index contributed by atoms with van der Waals surface area (Å²) in [6.45, 7) is 8.88. The molecule has 0 N–H and O–H groups in total. The number of carbonyl (C=O) groups excluding carboxylic acids is 1. The molecule has 22 heavy (non-hydrogen) atoms. The van der Waals surface area contributed by atoms with Crippen LogP contribution in [-0.4, -0.2) is 95.2 Å². The van der Waals surface area contributed by atoms with Gasteiger partial charge in [-0.15, -0.1) is 0 Å². The van der Waals surface area contributed by atoms with Crippen molar-refractivity contribution in [2.24, 2.45) is 0 Å². The predicted octanol–water partition coefficient (Wildman–Crippen LogP) is -0.139. The second kappa shape index (κ2) is 9.94. The second-order valence-electron chi connectivity index (χ2n) is 5.61. The summed E-state index contributed by atoms with van der Waals surface area (Å²) >= 11 is 0. The van der Waals surface area contributed by atoms with E-state index in [1.807, 2.05) is 14.1 Å². The number of carbonyl (C=O) groups is 1. The Hall–Kier alpha value is -0.960. The third kappa shape index (κ3) is 9.88. The number of rotatable bonds is 11. The van der Waals surface area contributed by atoms with E-state index < -0.39 is 10.0 Å². The summed E-state index contributed by atoms with van der Waals surface area (Å²) < 4.78 is 28.9. The minimum absolute atomic E-state index is 0.336. The highest BCUT2D eigenvalue weighted by molar-refractivity contribution is 7.88. The Balaban J connectivity index is 3.83. The SMILES string of the molecule is C=C(C)C(=O)OCCN(C)CCN(C)CCN(C)S(C)(=O)=O. The van der Waals surface area contributed by atoms with Gasteiger partial charge in [0.05, 0.1) is 6.26 Å². The van der Waals surface area contributed by atoms with Crippen LogP contribution in [0.5, 0.6) is 0 Å². The summed E-state index contributed by atoms with van der Waals surface area (Å²) in [7, 11) is 2.36. The lowest BCUT2D eigenvalue weighted by molar-refractivity contribution is -0.139. The summed E-state index contributed by atoms with van der Waals surface area (Å²) in [5.41, 5.74) is 0.400. The highest BCUT2D eigenvalue weighted by Crippen LogP contribution is 1.95. The Bertz CT molecular complexity index is 465. The maximum Gasteiger partial charge on any atom is 0.333 e. The molecule has 0 saturated heterocycles. The molecule has 130 valence electrons. The van der Waals surface area contributed by atoms with Crippen LogP contribution in [0.1, 0.15) is 6.92 Å². The first-order valence-electron chi connectivity index (χ1n) is 7.15. The topological polar surface area (TPSA) is 70.2 Å². The van der Waals surface area contributed by atoms with Gasteiger partial charge in [0.1, 0.15) is 6.61 Å². The van der Waals surface area contributed by atoms with E-state index in [0.717, 1.165) is 13.1 Å². The summed E-state index contributed by atoms with van der Waals surface area (Å²) in [4.78, 5) is 15.3. The predicted molar refractivity (Wildman–Crippen MR) is 88.2 cm³/mol. The van der Waals surface area contributed by atoms with E-state index in [9.17, 15) is 13.2 Å². The highest BCUT2D eigenvalue weighted by Gasteiger charge is 2.11. The number of nitrogens with zero attached hydrogens (tertiary/aromatic N) is 3. The zero-order valence-electron chi connectivity index (χ0n) is 14.3. The zero-order valence-corrected chi connectivity index (χ0v) is 15.1. The van der Waals surface area contributed by atoms with Gasteiger partial charge in [-0.05, 0) is 21.0 Å². The molecular weight excluding hydrogens is 306 g/mol. The van der Waals surface area contributed by atoms with Crippen LogP contribution in [-0.2, 0) is 19.6 Å². The molecule has 0 amide bonds. The first-order chi connectivity index (χ1) is 10.0. The minimum atomic E-state index is -3.12. The monoisotopic (exact) mass is 335 g/mol. The summed E-state index contributed by atoms with van der Waals surface area (Å²) in [5, 5.41) is 0. The van der Waals surface area contributed by atoms with Crippen LogP contribution in [0.4, 0.5) is 0 Å². The standard InChI is InChI=1S/C14H29N3O4S/c1-13(2)14(18)21-12-11-16(4)8-7-15(3)9-10-17(5)22(6,19)20/h1,7-12H2,2-6H3. The third-order valence-corrected chi connectivity index (χ3v) is 4.60. The fourth-order valence-electron chi connectivity index (χ4n) is 1.46. The van der Waals surface area contributed by atoms with E-state index in [4.69, 9.17) is 4.74 Å². The van der Waals surface area contributed by atoms with Gasteiger partial charge in [0.15, 0.2) is 0 Å². The molecule has 0 unspecified atom stereocenters. The van der Waals surface area contributed by atoms with Crippen molar-refractivity contribution in [3.8, 4) is 0 Å². The molecule has 0 heterocycles. The molecule has 0 aliphatic carbocycles. The van der Waals surface area contributed by atoms with Gasteiger partial charge in [0.2, 0.25) is 10.0 Å². The van der Waals surface area contributed by atoms with Crippen molar-refractivity contribution < 1.29 is 17.9 Å². The van der Waals surface area contributed by atoms with Crippen LogP contribution >= 0.6 is 0 Å². The normalized spacial score (nSPS) is 12.2. The first-order valence-corrected chi connectivity index (χ1v) is 9.00. The fraction of sp³-hybridized carbons (Fsp3) is 0.786. The zero-order chi connectivity index (χ0) is 17.3. The van der Waals surface area contributed by atoms with Crippen LogP contribution < -0.4 is 0 Å². The molecule has 0 radical (unpaired) electrons. The molecule has 0 aromatic rings. The largest absolute Gasteiger partial charge is 0.461 e. The molecule has 0 aliphatic rings. The molecule has 0 aromatic carbocycles. The Labute approximate surface area is 134 Å². The van der Waals surface area contributed by atoms with E-state index >= 15 is 0 Å². The second-order valence-corrected chi connectivity index (χ2v) is 7.70. The van der Waals surface area contributed by atoms with Crippen molar-refractivity contribution in [2.75, 3.05) is 66.7 Å². The molecule has 0 spiro atoms. The van der Waals surface area contributed by atoms with Gasteiger partial charge in [-0.25, -0.2) is 17.5 Å². The molecule has 0 bridgehead atoms. The summed E-state index contributed by atoms with van der Waals surface area (Å²) in [5.74, 6) is -0.366. The number of likely N-dealkylation sites (N-methyl/N-ethyl adjacent to an activating group) is 3. The molecule has 0 aliphatic heterocycles. The van der Waals surface area contributed by atoms with Gasteiger partial charge in [-0.3, -0.25) is 0 Å². The van der Waals surface area contributed by atoms with Crippen LogP contribution in [0.2, 0.25) is 0 Å². The molecule has 0 rings (SSSR count). The number of sulfonamides is 1. The molecule has 7 nitrogen and oxygen atoms in total. The highest BCUT2D eigenvalue weighted by atomic mass is 32.2. The Morgan fingerprint density at radius 1 is 1.00 bits per heavy atom. The number of hydrogen-bond donors (Lipinski definition) is 0. The minimum Gasteiger partial charge on any atom is -0.461 e. The van der Waals surface area contributed by atoms with Gasteiger partial charge >= 0.3 is 5.97 Å². The van der Waals surface area contributed by atoms with Crippen LogP contribution in [0.3, 0.4) is 0 Å². The first kappa shape index (κ1) is 21.0. The molecule has 8 heteroatoms. The molecule has 0 saturated carbocycles. The van der Waals surface area contributed by atoms with Crippen LogP contribution in [0.15, 0.2) is 12.2 Å². The summed E-state index contributed by atoms with van der Waals surface area (Å²) in [6.07, 6.45) is 1.20. The van der Waals surface area contributed by atoms with E-state index in [1.165, 1.54) is 10.6 Å². The molecule has 0 aromatic heterocycles. The van der Waals surface area contributed by atoms with Crippen molar-refractivity contribution >= 4 is 16.0 Å². The number of esters is 1. The van der Waals surface area contributed by atoms with E-state index in [1.54, 1.807) is 14.0 Å². The summed E-state index contributed by atoms with van der Waals surface area (Å²) in [6, 6.07) is 0. The smallest absolute Gasteiger partial charge is 0.333 e. The van der Waals surface area contributed by atoms with Crippen molar-refractivity contribution in [1.82, 2.24) is 14.1 Å². The van der Waals surface area contributed by atoms with Crippen molar-refractivity contribution in [3.05, 3.63) is 12.2 Å². The number of hydrogen-bond acceptors (Lipinski definition) is 6. The lowest BCUT2D eigenvalue weighted by atomic mass is 10.4. The maximum absolute atomic E-state index is 11.3. The molecule has 0 fully saturated rings. The Kier molecular flexibility index (Phi) is 9.50. The van der Waals surface area contributed by atoms with E-state index in [0.29, 0.717) is 31.8 Å². The lowest BCUT2D eigenvalue weighted by Gasteiger charge is -2.23. The quantitative estimate of drug-likeness (QED) is 0.387. The van der Waals surface area contributed by atoms with Gasteiger partial charge < -0.3 is 14.5 Å². The fourth-order valence-corrected chi connectivity index (χ4v) is 1.87. The van der Waals surface area contributed by atoms with Crippen molar-refractivity contribution in [3.63, 3.8) is 0 Å². The maximum atomic E-state index is 11.3. The molecular formula is C14H29N3O4S. The average molecular weight is 335 g/mol. The van der Waals surface area contributed by atoms with Crippen molar-refractivity contribution in [2.45, 2.75) is 6.92 Å². The van der Waals surface area contributed by atoms with Gasteiger partial charge in [-0.2, -0.15) is 0 Å². The number of ether oxygens (including phenoxy) is 1. The van der Waals surface area contributed by atoms with Crippen molar-refractivity contribution in [1.29, 1.82) is 0 Å². The Morgan fingerprint density at radius 2 is 1.45 bits per heavy atom. The van der Waals surface area contributed by atoms with E-state index in [-0.39, 0.29) is 5.97 Å². The van der Waals surface area contributed by atoms with Gasteiger partial charge in [0.25, 0.3) is 0 Å². The van der Waals surface area contributed by atoms with E-state index in [2.05, 4.69) is 16.4 Å². The Morgan fingerprint density at radius 3 is 1.91 bits per heavy atom. The van der Waals surface area contributed by atoms with Gasteiger partial charge in [-0.1, -0.05) is 6.58 Å².